The van der Waals surface area contributed by atoms with E-state index in [1.807, 2.05) is 24.3 Å². The van der Waals surface area contributed by atoms with Gasteiger partial charge in [0.2, 0.25) is 5.65 Å². The molecule has 1 aliphatic rings. The maximum atomic E-state index is 11.6. The summed E-state index contributed by atoms with van der Waals surface area (Å²) in [6, 6.07) is 9.98. The number of cyclic esters (lactones) is 1. The van der Waals surface area contributed by atoms with Crippen LogP contribution in [0.5, 0.6) is 0 Å². The highest BCUT2D eigenvalue weighted by atomic mass is 16.6. The molecule has 0 unspecified atom stereocenters. The van der Waals surface area contributed by atoms with E-state index in [1.165, 1.54) is 5.01 Å². The van der Waals surface area contributed by atoms with Gasteiger partial charge >= 0.3 is 6.09 Å². The average molecular weight is 388 g/mol. The van der Waals surface area contributed by atoms with Crippen molar-refractivity contribution >= 4 is 34.0 Å². The molecule has 1 fully saturated rings. The number of carbonyl (C=O) groups is 1. The molecule has 0 bridgehead atoms. The molecule has 29 heavy (non-hydrogen) atoms. The first-order chi connectivity index (χ1) is 14.2. The van der Waals surface area contributed by atoms with E-state index < -0.39 is 6.09 Å². The van der Waals surface area contributed by atoms with E-state index in [0.717, 1.165) is 16.5 Å². The number of benzene rings is 1. The van der Waals surface area contributed by atoms with Crippen LogP contribution >= 0.6 is 0 Å². The Balaban J connectivity index is 1.47. The predicted octanol–water partition coefficient (Wildman–Crippen LogP) is 1.99. The smallest absolute Gasteiger partial charge is 0.430 e. The predicted molar refractivity (Wildman–Crippen MR) is 104 cm³/mol. The zero-order chi connectivity index (χ0) is 19.8. The van der Waals surface area contributed by atoms with Crippen molar-refractivity contribution in [3.05, 3.63) is 54.0 Å². The highest BCUT2D eigenvalue weighted by Gasteiger charge is 2.22. The molecule has 3 aromatic heterocycles. The van der Waals surface area contributed by atoms with E-state index >= 15 is 0 Å². The minimum Gasteiger partial charge on any atom is -0.446 e. The number of pyridine rings is 1. The minimum atomic E-state index is -0.462. The number of hydrogen-bond acceptors (Lipinski definition) is 8. The summed E-state index contributed by atoms with van der Waals surface area (Å²) in [6.07, 6.45) is 2.88. The molecule has 0 saturated carbocycles. The monoisotopic (exact) mass is 388 g/mol. The van der Waals surface area contributed by atoms with E-state index in [9.17, 15) is 4.79 Å². The quantitative estimate of drug-likeness (QED) is 0.492. The first-order valence-electron chi connectivity index (χ1n) is 9.07. The maximum absolute atomic E-state index is 11.6. The Kier molecular flexibility index (Phi) is 4.08. The molecule has 0 atom stereocenters. The van der Waals surface area contributed by atoms with Crippen LogP contribution in [0.15, 0.2) is 47.8 Å². The molecule has 144 valence electrons. The molecule has 1 saturated heterocycles. The van der Waals surface area contributed by atoms with Crippen molar-refractivity contribution in [1.82, 2.24) is 35.0 Å². The molecular weight excluding hydrogens is 372 g/mol. The summed E-state index contributed by atoms with van der Waals surface area (Å²) in [5.41, 5.74) is 4.09. The van der Waals surface area contributed by atoms with Gasteiger partial charge in [-0.15, -0.1) is 5.10 Å². The van der Waals surface area contributed by atoms with Crippen LogP contribution in [0, 0.1) is 0 Å². The molecule has 0 N–H and O–H groups in total. The van der Waals surface area contributed by atoms with Crippen LogP contribution < -0.4 is 0 Å². The summed E-state index contributed by atoms with van der Waals surface area (Å²) in [5.74, 6) is 0. The van der Waals surface area contributed by atoms with Crippen LogP contribution in [-0.2, 0) is 11.3 Å². The summed E-state index contributed by atoms with van der Waals surface area (Å²) in [6.45, 7) is 3.01. The fraction of sp³-hybridized carbons (Fsp3) is 0.211. The lowest BCUT2D eigenvalue weighted by Crippen LogP contribution is -2.20. The van der Waals surface area contributed by atoms with Crippen LogP contribution in [0.4, 0.5) is 4.79 Å². The largest absolute Gasteiger partial charge is 0.446 e. The van der Waals surface area contributed by atoms with Gasteiger partial charge in [-0.05, 0) is 30.7 Å². The highest BCUT2D eigenvalue weighted by Crippen LogP contribution is 2.16. The molecule has 0 spiro atoms. The fourth-order valence-corrected chi connectivity index (χ4v) is 3.14. The van der Waals surface area contributed by atoms with Crippen molar-refractivity contribution in [1.29, 1.82) is 0 Å². The van der Waals surface area contributed by atoms with Gasteiger partial charge in [0.05, 0.1) is 30.5 Å². The molecule has 4 heterocycles. The maximum Gasteiger partial charge on any atom is 0.430 e. The third kappa shape index (κ3) is 3.24. The molecule has 10 nitrogen and oxygen atoms in total. The third-order valence-electron chi connectivity index (χ3n) is 4.61. The average Bonchev–Trinajstić information content (AvgIpc) is 3.33. The van der Waals surface area contributed by atoms with Gasteiger partial charge in [-0.25, -0.2) is 19.4 Å². The van der Waals surface area contributed by atoms with Crippen LogP contribution in [-0.4, -0.2) is 59.9 Å². The normalized spacial score (nSPS) is 14.7. The van der Waals surface area contributed by atoms with Crippen molar-refractivity contribution in [2.45, 2.75) is 13.5 Å². The second-order valence-electron chi connectivity index (χ2n) is 6.60. The number of carbonyl (C=O) groups excluding carboxylic acids is 1. The van der Waals surface area contributed by atoms with Gasteiger partial charge in [-0.1, -0.05) is 17.3 Å². The molecule has 0 radical (unpaired) electrons. The van der Waals surface area contributed by atoms with Crippen molar-refractivity contribution in [2.75, 3.05) is 13.2 Å². The number of hydrogen-bond donors (Lipinski definition) is 0. The van der Waals surface area contributed by atoms with Gasteiger partial charge in [-0.3, -0.25) is 4.98 Å². The molecule has 1 aliphatic heterocycles. The second-order valence-corrected chi connectivity index (χ2v) is 6.60. The summed E-state index contributed by atoms with van der Waals surface area (Å²) in [4.78, 5) is 24.9. The lowest BCUT2D eigenvalue weighted by Gasteiger charge is -2.07. The number of ether oxygens (including phenoxy) is 1. The van der Waals surface area contributed by atoms with E-state index in [2.05, 4.69) is 36.4 Å². The number of amides is 1. The third-order valence-corrected chi connectivity index (χ3v) is 4.61. The van der Waals surface area contributed by atoms with Crippen LogP contribution in [0.2, 0.25) is 0 Å². The second kappa shape index (κ2) is 6.89. The topological polar surface area (TPSA) is 111 Å². The Morgan fingerprint density at radius 2 is 2.21 bits per heavy atom. The lowest BCUT2D eigenvalue weighted by molar-refractivity contribution is 0.159. The van der Waals surface area contributed by atoms with E-state index in [4.69, 9.17) is 4.74 Å². The van der Waals surface area contributed by atoms with E-state index in [-0.39, 0.29) is 0 Å². The fourth-order valence-electron chi connectivity index (χ4n) is 3.14. The van der Waals surface area contributed by atoms with Gasteiger partial charge in [0.25, 0.3) is 0 Å². The molecule has 0 aliphatic carbocycles. The number of nitrogens with zero attached hydrogens (tertiary/aromatic N) is 8. The number of hydrazone groups is 1. The SMILES string of the molecule is CC(=NN1CCOC1=O)c1cnc2nnn(Cc3ccc4ncccc4c3)c2n1. The Hall–Kier alpha value is -3.95. The molecule has 5 rings (SSSR count). The molecule has 1 aromatic carbocycles. The zero-order valence-electron chi connectivity index (χ0n) is 15.6. The highest BCUT2D eigenvalue weighted by molar-refractivity contribution is 5.98. The Labute approximate surface area is 164 Å². The van der Waals surface area contributed by atoms with Gasteiger partial charge in [0.15, 0.2) is 5.65 Å². The molecule has 1 amide bonds. The zero-order valence-corrected chi connectivity index (χ0v) is 15.6. The van der Waals surface area contributed by atoms with Crippen LogP contribution in [0.3, 0.4) is 0 Å². The summed E-state index contributed by atoms with van der Waals surface area (Å²) >= 11 is 0. The molecular formula is C19H16N8O2. The Morgan fingerprint density at radius 3 is 3.07 bits per heavy atom. The van der Waals surface area contributed by atoms with Crippen LogP contribution in [0.1, 0.15) is 18.2 Å². The van der Waals surface area contributed by atoms with Crippen LogP contribution in [0.25, 0.3) is 22.2 Å². The van der Waals surface area contributed by atoms with Gasteiger partial charge in [0.1, 0.15) is 12.3 Å². The van der Waals surface area contributed by atoms with Crippen molar-refractivity contribution in [2.24, 2.45) is 5.10 Å². The van der Waals surface area contributed by atoms with Crippen molar-refractivity contribution < 1.29 is 9.53 Å². The van der Waals surface area contributed by atoms with E-state index in [1.54, 1.807) is 24.0 Å². The van der Waals surface area contributed by atoms with Gasteiger partial charge in [0, 0.05) is 11.6 Å². The Morgan fingerprint density at radius 1 is 1.28 bits per heavy atom. The lowest BCUT2D eigenvalue weighted by atomic mass is 10.1. The summed E-state index contributed by atoms with van der Waals surface area (Å²) in [7, 11) is 0. The minimum absolute atomic E-state index is 0.332. The van der Waals surface area contributed by atoms with E-state index in [0.29, 0.717) is 42.4 Å². The van der Waals surface area contributed by atoms with Crippen molar-refractivity contribution in [3.63, 3.8) is 0 Å². The molecule has 10 heteroatoms. The van der Waals surface area contributed by atoms with Crippen molar-refractivity contribution in [3.8, 4) is 0 Å². The standard InChI is InChI=1S/C19H16N8O2/c1-12(24-26-7-8-29-19(26)28)16-10-21-17-18(22-16)27(25-23-17)11-13-4-5-15-14(9-13)3-2-6-20-15/h2-6,9-10H,7-8,11H2,1H3. The Bertz CT molecular complexity index is 1270. The first kappa shape index (κ1) is 17.2. The number of fused-ring (bicyclic) bond motifs is 2. The number of aromatic nitrogens is 6. The summed E-state index contributed by atoms with van der Waals surface area (Å²) in [5, 5.41) is 14.9. The summed E-state index contributed by atoms with van der Waals surface area (Å²) < 4.78 is 6.59. The molecule has 4 aromatic rings. The first-order valence-corrected chi connectivity index (χ1v) is 9.07. The van der Waals surface area contributed by atoms with Gasteiger partial charge < -0.3 is 4.74 Å². The van der Waals surface area contributed by atoms with Gasteiger partial charge in [-0.2, -0.15) is 10.1 Å². The number of rotatable bonds is 4.